The van der Waals surface area contributed by atoms with E-state index in [-0.39, 0.29) is 0 Å². The zero-order valence-corrected chi connectivity index (χ0v) is 9.93. The van der Waals surface area contributed by atoms with E-state index in [9.17, 15) is 0 Å². The van der Waals surface area contributed by atoms with Crippen LogP contribution in [0.5, 0.6) is 0 Å². The summed E-state index contributed by atoms with van der Waals surface area (Å²) < 4.78 is 0. The summed E-state index contributed by atoms with van der Waals surface area (Å²) in [6.07, 6.45) is 2.70. The molecule has 0 spiro atoms. The molecule has 2 nitrogen and oxygen atoms in total. The van der Waals surface area contributed by atoms with Gasteiger partial charge >= 0.3 is 0 Å². The summed E-state index contributed by atoms with van der Waals surface area (Å²) in [6.45, 7) is 10.9. The summed E-state index contributed by atoms with van der Waals surface area (Å²) in [5.74, 6) is 0. The van der Waals surface area contributed by atoms with Gasteiger partial charge in [-0.05, 0) is 40.3 Å². The molecule has 0 aliphatic carbocycles. The molecule has 1 rings (SSSR count). The Morgan fingerprint density at radius 3 is 2.31 bits per heavy atom. The van der Waals surface area contributed by atoms with Crippen LogP contribution in [0.3, 0.4) is 0 Å². The highest BCUT2D eigenvalue weighted by Crippen LogP contribution is 2.10. The molecule has 0 saturated carbocycles. The highest BCUT2D eigenvalue weighted by atomic mass is 15.2. The first-order valence-corrected chi connectivity index (χ1v) is 5.64. The molecule has 0 aromatic rings. The van der Waals surface area contributed by atoms with Gasteiger partial charge in [-0.2, -0.15) is 0 Å². The van der Waals surface area contributed by atoms with Crippen LogP contribution in [0.25, 0.3) is 0 Å². The van der Waals surface area contributed by atoms with E-state index in [1.54, 1.807) is 0 Å². The molecule has 1 unspecified atom stereocenters. The van der Waals surface area contributed by atoms with Crippen LogP contribution in [-0.2, 0) is 0 Å². The van der Waals surface area contributed by atoms with Gasteiger partial charge in [-0.25, -0.2) is 0 Å². The number of piperidine rings is 1. The number of rotatable bonds is 2. The molecule has 1 aliphatic heterocycles. The lowest BCUT2D eigenvalue weighted by Gasteiger charge is -2.34. The van der Waals surface area contributed by atoms with Gasteiger partial charge in [0.15, 0.2) is 0 Å². The monoisotopic (exact) mass is 186 g/mol. The molecule has 0 aromatic carbocycles. The Labute approximate surface area is 83.7 Å². The number of likely N-dealkylation sites (N-methyl/N-ethyl adjacent to an activating group) is 1. The summed E-state index contributed by atoms with van der Waals surface area (Å²) in [6, 6.07) is 1.45. The number of nitrogens with zero attached hydrogens (tertiary/aromatic N) is 1. The minimum atomic E-state index is 0.680. The zero-order chi connectivity index (χ0) is 10.3. The molecule has 80 valence electrons. The van der Waals surface area contributed by atoms with Crippen molar-refractivity contribution in [1.82, 2.24) is 10.2 Å². The van der Waals surface area contributed by atoms with Crippen molar-refractivity contribution in [2.75, 3.05) is 20.1 Å². The zero-order valence-electron chi connectivity index (χ0n) is 9.93. The van der Waals surface area contributed by atoms with Crippen LogP contribution in [0.2, 0.25) is 0 Å². The normalized spacial score (nSPS) is 22.8. The van der Waals surface area contributed by atoms with Crippen molar-refractivity contribution in [3.8, 4) is 0 Å². The van der Waals surface area contributed by atoms with Crippen molar-refractivity contribution >= 4 is 0 Å². The number of hydrogen-bond donors (Lipinski definition) is 1. The third kappa shape index (κ3) is 4.63. The van der Waals surface area contributed by atoms with E-state index < -0.39 is 0 Å². The van der Waals surface area contributed by atoms with Gasteiger partial charge in [-0.1, -0.05) is 13.8 Å². The van der Waals surface area contributed by atoms with E-state index in [2.05, 4.69) is 31.1 Å². The predicted molar refractivity (Wildman–Crippen MR) is 60.1 cm³/mol. The maximum absolute atomic E-state index is 3.43. The Morgan fingerprint density at radius 1 is 1.31 bits per heavy atom. The Bertz CT molecular complexity index is 107. The van der Waals surface area contributed by atoms with Crippen LogP contribution in [0.15, 0.2) is 0 Å². The molecule has 0 aromatic heterocycles. The number of hydrogen-bond acceptors (Lipinski definition) is 2. The van der Waals surface area contributed by atoms with E-state index >= 15 is 0 Å². The molecule has 2 heteroatoms. The summed E-state index contributed by atoms with van der Waals surface area (Å²) in [7, 11) is 2.22. The molecule has 0 radical (unpaired) electrons. The van der Waals surface area contributed by atoms with Crippen molar-refractivity contribution in [1.29, 1.82) is 0 Å². The second-order valence-corrected chi connectivity index (χ2v) is 3.76. The van der Waals surface area contributed by atoms with Crippen molar-refractivity contribution in [3.05, 3.63) is 0 Å². The maximum Gasteiger partial charge on any atom is 0.0220 e. The Kier molecular flexibility index (Phi) is 7.29. The molecular weight excluding hydrogens is 160 g/mol. The topological polar surface area (TPSA) is 15.3 Å². The van der Waals surface area contributed by atoms with Gasteiger partial charge in [-0.3, -0.25) is 4.90 Å². The van der Waals surface area contributed by atoms with Gasteiger partial charge in [0.1, 0.15) is 0 Å². The fourth-order valence-corrected chi connectivity index (χ4v) is 1.60. The molecular formula is C11H26N2. The van der Waals surface area contributed by atoms with Gasteiger partial charge in [0, 0.05) is 18.6 Å². The summed E-state index contributed by atoms with van der Waals surface area (Å²) >= 11 is 0. The molecule has 13 heavy (non-hydrogen) atoms. The lowest BCUT2D eigenvalue weighted by molar-refractivity contribution is 0.165. The lowest BCUT2D eigenvalue weighted by Crippen LogP contribution is -2.46. The fourth-order valence-electron chi connectivity index (χ4n) is 1.60. The minimum Gasteiger partial charge on any atom is -0.315 e. The average molecular weight is 186 g/mol. The van der Waals surface area contributed by atoms with Gasteiger partial charge < -0.3 is 5.32 Å². The first-order chi connectivity index (χ1) is 6.22. The van der Waals surface area contributed by atoms with Crippen LogP contribution in [-0.4, -0.2) is 37.1 Å². The van der Waals surface area contributed by atoms with E-state index in [0.717, 1.165) is 6.04 Å². The fraction of sp³-hybridized carbons (Fsp3) is 1.00. The molecule has 1 atom stereocenters. The Morgan fingerprint density at radius 2 is 1.92 bits per heavy atom. The van der Waals surface area contributed by atoms with Crippen LogP contribution in [0.4, 0.5) is 0 Å². The third-order valence-electron chi connectivity index (χ3n) is 2.66. The van der Waals surface area contributed by atoms with Gasteiger partial charge in [0.25, 0.3) is 0 Å². The molecule has 1 heterocycles. The van der Waals surface area contributed by atoms with Crippen LogP contribution >= 0.6 is 0 Å². The molecule has 1 fully saturated rings. The average Bonchev–Trinajstić information content (AvgIpc) is 2.21. The Balaban J connectivity index is 0.000000671. The van der Waals surface area contributed by atoms with E-state index in [4.69, 9.17) is 0 Å². The van der Waals surface area contributed by atoms with Gasteiger partial charge in [0.2, 0.25) is 0 Å². The van der Waals surface area contributed by atoms with Crippen LogP contribution in [0, 0.1) is 0 Å². The molecule has 0 amide bonds. The second kappa shape index (κ2) is 7.34. The summed E-state index contributed by atoms with van der Waals surface area (Å²) in [5.41, 5.74) is 0. The van der Waals surface area contributed by atoms with Gasteiger partial charge in [0.05, 0.1) is 0 Å². The maximum atomic E-state index is 3.43. The quantitative estimate of drug-likeness (QED) is 0.710. The lowest BCUT2D eigenvalue weighted by atomic mass is 10.1. The molecule has 1 aliphatic rings. The minimum absolute atomic E-state index is 0.680. The Hall–Kier alpha value is -0.0800. The van der Waals surface area contributed by atoms with Crippen molar-refractivity contribution in [2.24, 2.45) is 0 Å². The first kappa shape index (κ1) is 12.9. The van der Waals surface area contributed by atoms with E-state index in [0.29, 0.717) is 6.04 Å². The van der Waals surface area contributed by atoms with Crippen molar-refractivity contribution in [2.45, 2.75) is 52.6 Å². The molecule has 1 saturated heterocycles. The first-order valence-electron chi connectivity index (χ1n) is 5.64. The number of nitrogens with one attached hydrogen (secondary N) is 1. The highest BCUT2D eigenvalue weighted by molar-refractivity contribution is 4.77. The van der Waals surface area contributed by atoms with Crippen LogP contribution < -0.4 is 5.32 Å². The van der Waals surface area contributed by atoms with Crippen LogP contribution in [0.1, 0.15) is 40.5 Å². The summed E-state index contributed by atoms with van der Waals surface area (Å²) in [4.78, 5) is 2.46. The van der Waals surface area contributed by atoms with E-state index in [1.807, 2.05) is 13.8 Å². The van der Waals surface area contributed by atoms with Crippen molar-refractivity contribution in [3.63, 3.8) is 0 Å². The molecule has 1 N–H and O–H groups in total. The smallest absolute Gasteiger partial charge is 0.0220 e. The summed E-state index contributed by atoms with van der Waals surface area (Å²) in [5, 5.41) is 3.43. The largest absolute Gasteiger partial charge is 0.315 e. The third-order valence-corrected chi connectivity index (χ3v) is 2.66. The van der Waals surface area contributed by atoms with E-state index in [1.165, 1.54) is 25.9 Å². The SMILES string of the molecule is CC.CC(C)N(C)C1CCCNC1. The van der Waals surface area contributed by atoms with Gasteiger partial charge in [-0.15, -0.1) is 0 Å². The predicted octanol–water partition coefficient (Wildman–Crippen LogP) is 2.10. The van der Waals surface area contributed by atoms with Crippen molar-refractivity contribution < 1.29 is 0 Å². The highest BCUT2D eigenvalue weighted by Gasteiger charge is 2.18. The standard InChI is InChI=1S/C9H20N2.C2H6/c1-8(2)11(3)9-5-4-6-10-7-9;1-2/h8-10H,4-7H2,1-3H3;1-2H3. The molecule has 0 bridgehead atoms. The second-order valence-electron chi connectivity index (χ2n) is 3.76.